The number of hydrogen-bond donors (Lipinski definition) is 1. The Bertz CT molecular complexity index is 307. The lowest BCUT2D eigenvalue weighted by Gasteiger charge is -2.21. The van der Waals surface area contributed by atoms with E-state index in [1.54, 1.807) is 34.0 Å². The summed E-state index contributed by atoms with van der Waals surface area (Å²) < 4.78 is 10.1. The molecule has 0 saturated carbocycles. The summed E-state index contributed by atoms with van der Waals surface area (Å²) in [5.41, 5.74) is 1.25. The maximum absolute atomic E-state index is 11.3. The maximum atomic E-state index is 11.3. The van der Waals surface area contributed by atoms with Crippen molar-refractivity contribution in [3.63, 3.8) is 0 Å². The molecule has 0 amide bonds. The molecule has 2 atom stereocenters. The Kier molecular flexibility index (Phi) is 8.33. The van der Waals surface area contributed by atoms with Crippen LogP contribution in [0.4, 0.5) is 0 Å². The quantitative estimate of drug-likeness (QED) is 0.411. The maximum Gasteiger partial charge on any atom is 0.333 e. The number of aliphatic hydroxyl groups is 1. The van der Waals surface area contributed by atoms with E-state index in [1.807, 2.05) is 0 Å². The first-order valence-corrected chi connectivity index (χ1v) is 6.14. The fourth-order valence-electron chi connectivity index (χ4n) is 1.51. The van der Waals surface area contributed by atoms with Crippen LogP contribution in [0.2, 0.25) is 0 Å². The molecule has 0 aliphatic carbocycles. The topological polar surface area (TPSA) is 55.8 Å². The Morgan fingerprint density at radius 2 is 2.06 bits per heavy atom. The number of carbonyl (C=O) groups excluding carboxylic acids is 1. The number of rotatable bonds is 8. The number of methoxy groups -OCH3 is 1. The molecule has 0 aromatic carbocycles. The minimum atomic E-state index is -0.675. The van der Waals surface area contributed by atoms with E-state index in [-0.39, 0.29) is 12.1 Å². The van der Waals surface area contributed by atoms with Gasteiger partial charge in [-0.1, -0.05) is 12.7 Å². The van der Waals surface area contributed by atoms with Gasteiger partial charge in [-0.2, -0.15) is 0 Å². The molecule has 1 N–H and O–H groups in total. The zero-order valence-electron chi connectivity index (χ0n) is 11.7. The summed E-state index contributed by atoms with van der Waals surface area (Å²) in [6.45, 7) is 9.32. The van der Waals surface area contributed by atoms with Gasteiger partial charge in [0.15, 0.2) is 0 Å². The van der Waals surface area contributed by atoms with Gasteiger partial charge in [-0.15, -0.1) is 0 Å². The van der Waals surface area contributed by atoms with Gasteiger partial charge in [-0.05, 0) is 39.2 Å². The Hall–Kier alpha value is -1.13. The van der Waals surface area contributed by atoms with E-state index in [2.05, 4.69) is 6.58 Å². The SMILES string of the molecule is C=C(C)C(O)C(CC/C=C(\C)C(=O)OCC)OC. The number of carbonyl (C=O) groups is 1. The summed E-state index contributed by atoms with van der Waals surface area (Å²) >= 11 is 0. The van der Waals surface area contributed by atoms with E-state index < -0.39 is 6.10 Å². The number of hydrogen-bond acceptors (Lipinski definition) is 4. The molecule has 0 bridgehead atoms. The third-order valence-electron chi connectivity index (χ3n) is 2.66. The molecule has 2 unspecified atom stereocenters. The van der Waals surface area contributed by atoms with Crippen LogP contribution in [0.25, 0.3) is 0 Å². The van der Waals surface area contributed by atoms with E-state index in [0.717, 1.165) is 0 Å². The van der Waals surface area contributed by atoms with E-state index in [4.69, 9.17) is 9.47 Å². The lowest BCUT2D eigenvalue weighted by molar-refractivity contribution is -0.138. The molecule has 4 nitrogen and oxygen atoms in total. The van der Waals surface area contributed by atoms with Crippen molar-refractivity contribution in [3.8, 4) is 0 Å². The van der Waals surface area contributed by atoms with Crippen molar-refractivity contribution in [1.82, 2.24) is 0 Å². The summed E-state index contributed by atoms with van der Waals surface area (Å²) in [5, 5.41) is 9.81. The fourth-order valence-corrected chi connectivity index (χ4v) is 1.51. The Balaban J connectivity index is 4.26. The van der Waals surface area contributed by atoms with Crippen molar-refractivity contribution in [3.05, 3.63) is 23.8 Å². The number of esters is 1. The minimum Gasteiger partial charge on any atom is -0.463 e. The fraction of sp³-hybridized carbons (Fsp3) is 0.643. The molecule has 0 saturated heterocycles. The molecule has 0 radical (unpaired) electrons. The van der Waals surface area contributed by atoms with Crippen LogP contribution < -0.4 is 0 Å². The highest BCUT2D eigenvalue weighted by Gasteiger charge is 2.18. The monoisotopic (exact) mass is 256 g/mol. The Morgan fingerprint density at radius 3 is 2.50 bits per heavy atom. The Morgan fingerprint density at radius 1 is 1.44 bits per heavy atom. The molecule has 0 spiro atoms. The van der Waals surface area contributed by atoms with Crippen LogP contribution in [0.3, 0.4) is 0 Å². The van der Waals surface area contributed by atoms with Gasteiger partial charge in [-0.3, -0.25) is 0 Å². The minimum absolute atomic E-state index is 0.297. The molecule has 0 aromatic heterocycles. The second-order valence-corrected chi connectivity index (χ2v) is 4.25. The predicted octanol–water partition coefficient (Wildman–Crippen LogP) is 2.23. The van der Waals surface area contributed by atoms with Crippen molar-refractivity contribution in [2.75, 3.05) is 13.7 Å². The number of allylic oxidation sites excluding steroid dienone is 1. The molecule has 18 heavy (non-hydrogen) atoms. The average Bonchev–Trinajstić information content (AvgIpc) is 2.33. The van der Waals surface area contributed by atoms with Crippen LogP contribution in [-0.2, 0) is 14.3 Å². The van der Waals surface area contributed by atoms with Gasteiger partial charge in [0.1, 0.15) is 6.10 Å². The van der Waals surface area contributed by atoms with Crippen LogP contribution >= 0.6 is 0 Å². The van der Waals surface area contributed by atoms with Gasteiger partial charge in [0.05, 0.1) is 12.7 Å². The summed E-state index contributed by atoms with van der Waals surface area (Å²) in [7, 11) is 1.55. The van der Waals surface area contributed by atoms with Crippen molar-refractivity contribution < 1.29 is 19.4 Å². The molecule has 104 valence electrons. The standard InChI is InChI=1S/C14H24O4/c1-6-18-14(16)11(4)8-7-9-12(17-5)13(15)10(2)3/h8,12-13,15H,2,6-7,9H2,1,3-5H3/b11-8+. The molecule has 4 heteroatoms. The van der Waals surface area contributed by atoms with Crippen molar-refractivity contribution >= 4 is 5.97 Å². The first-order valence-electron chi connectivity index (χ1n) is 6.14. The molecule has 0 fully saturated rings. The van der Waals surface area contributed by atoms with Crippen molar-refractivity contribution in [2.24, 2.45) is 0 Å². The summed E-state index contributed by atoms with van der Waals surface area (Å²) in [6.07, 6.45) is 2.10. The third kappa shape index (κ3) is 5.98. The molecule has 0 aliphatic rings. The van der Waals surface area contributed by atoms with Crippen LogP contribution in [-0.4, -0.2) is 37.0 Å². The second-order valence-electron chi connectivity index (χ2n) is 4.25. The molecular formula is C14H24O4. The van der Waals surface area contributed by atoms with Gasteiger partial charge in [0.2, 0.25) is 0 Å². The third-order valence-corrected chi connectivity index (χ3v) is 2.66. The van der Waals surface area contributed by atoms with Crippen LogP contribution in [0.5, 0.6) is 0 Å². The lowest BCUT2D eigenvalue weighted by Crippen LogP contribution is -2.28. The number of aliphatic hydroxyl groups excluding tert-OH is 1. The zero-order chi connectivity index (χ0) is 14.1. The molecule has 0 rings (SSSR count). The normalized spacial score (nSPS) is 15.1. The van der Waals surface area contributed by atoms with Crippen molar-refractivity contribution in [2.45, 2.75) is 45.8 Å². The molecule has 0 aliphatic heterocycles. The van der Waals surface area contributed by atoms with Gasteiger partial charge in [-0.25, -0.2) is 4.79 Å². The van der Waals surface area contributed by atoms with Gasteiger partial charge < -0.3 is 14.6 Å². The van der Waals surface area contributed by atoms with E-state index in [1.165, 1.54) is 0 Å². The van der Waals surface area contributed by atoms with Crippen LogP contribution in [0.15, 0.2) is 23.8 Å². The molecular weight excluding hydrogens is 232 g/mol. The van der Waals surface area contributed by atoms with Gasteiger partial charge >= 0.3 is 5.97 Å². The van der Waals surface area contributed by atoms with Crippen LogP contribution in [0.1, 0.15) is 33.6 Å². The zero-order valence-corrected chi connectivity index (χ0v) is 11.7. The Labute approximate surface area is 109 Å². The molecule has 0 heterocycles. The molecule has 0 aromatic rings. The highest BCUT2D eigenvalue weighted by molar-refractivity contribution is 5.87. The highest BCUT2D eigenvalue weighted by atomic mass is 16.5. The predicted molar refractivity (Wildman–Crippen MR) is 71.2 cm³/mol. The van der Waals surface area contributed by atoms with Crippen LogP contribution in [0, 0.1) is 0 Å². The van der Waals surface area contributed by atoms with E-state index in [9.17, 15) is 9.90 Å². The van der Waals surface area contributed by atoms with E-state index >= 15 is 0 Å². The van der Waals surface area contributed by atoms with Gasteiger partial charge in [0.25, 0.3) is 0 Å². The summed E-state index contributed by atoms with van der Waals surface area (Å²) in [4.78, 5) is 11.3. The van der Waals surface area contributed by atoms with E-state index in [0.29, 0.717) is 30.6 Å². The van der Waals surface area contributed by atoms with Gasteiger partial charge in [0, 0.05) is 12.7 Å². The lowest BCUT2D eigenvalue weighted by atomic mass is 10.0. The largest absolute Gasteiger partial charge is 0.463 e. The van der Waals surface area contributed by atoms with Crippen molar-refractivity contribution in [1.29, 1.82) is 0 Å². The number of ether oxygens (including phenoxy) is 2. The highest BCUT2D eigenvalue weighted by Crippen LogP contribution is 2.13. The first-order chi connectivity index (χ1) is 8.43. The second kappa shape index (κ2) is 8.89. The first kappa shape index (κ1) is 16.9. The average molecular weight is 256 g/mol. The smallest absolute Gasteiger partial charge is 0.333 e. The summed E-state index contributed by atoms with van der Waals surface area (Å²) in [6, 6.07) is 0. The summed E-state index contributed by atoms with van der Waals surface area (Å²) in [5.74, 6) is -0.299.